The Bertz CT molecular complexity index is 1380. The van der Waals surface area contributed by atoms with Crippen molar-refractivity contribution in [2.24, 2.45) is 5.92 Å². The highest BCUT2D eigenvalue weighted by atomic mass is 32.2. The van der Waals surface area contributed by atoms with Gasteiger partial charge in [0.25, 0.3) is 15.6 Å². The van der Waals surface area contributed by atoms with Crippen LogP contribution < -0.4 is 9.62 Å². The molecular weight excluding hydrogens is 597 g/mol. The SMILES string of the molecule is O=C(CC1CCc2cc(C(O)(C(F)(F)F)C(F)(F)F)ccc2N1S(=O)(=O)c1ccc(F)cc1)NC1CCCCC1CO. The molecule has 42 heavy (non-hydrogen) atoms. The van der Waals surface area contributed by atoms with Gasteiger partial charge in [0, 0.05) is 30.6 Å². The molecule has 2 aromatic carbocycles. The Kier molecular flexibility index (Phi) is 8.87. The second-order valence-corrected chi connectivity index (χ2v) is 12.4. The van der Waals surface area contributed by atoms with Crippen LogP contribution in [0.25, 0.3) is 0 Å². The molecule has 15 heteroatoms. The number of rotatable bonds is 7. The lowest BCUT2D eigenvalue weighted by Crippen LogP contribution is -2.54. The smallest absolute Gasteiger partial charge is 0.396 e. The molecule has 232 valence electrons. The van der Waals surface area contributed by atoms with Crippen molar-refractivity contribution in [1.82, 2.24) is 5.32 Å². The molecule has 1 amide bonds. The number of carbonyl (C=O) groups excluding carboxylic acids is 1. The number of anilines is 1. The number of nitrogens with zero attached hydrogens (tertiary/aromatic N) is 1. The lowest BCUT2D eigenvalue weighted by atomic mass is 9.84. The summed E-state index contributed by atoms with van der Waals surface area (Å²) in [7, 11) is -4.60. The highest BCUT2D eigenvalue weighted by Gasteiger charge is 2.71. The lowest BCUT2D eigenvalue weighted by Gasteiger charge is -2.39. The van der Waals surface area contributed by atoms with Crippen LogP contribution in [0.4, 0.5) is 36.4 Å². The maximum Gasteiger partial charge on any atom is 0.430 e. The molecule has 2 aromatic rings. The molecule has 0 spiro atoms. The summed E-state index contributed by atoms with van der Waals surface area (Å²) in [6.07, 6.45) is -10.1. The summed E-state index contributed by atoms with van der Waals surface area (Å²) < 4.78 is 123. The van der Waals surface area contributed by atoms with Crippen LogP contribution >= 0.6 is 0 Å². The quantitative estimate of drug-likeness (QED) is 0.387. The molecule has 2 aliphatic rings. The first-order chi connectivity index (χ1) is 19.5. The molecule has 1 fully saturated rings. The van der Waals surface area contributed by atoms with Crippen molar-refractivity contribution < 1.29 is 54.2 Å². The zero-order valence-corrected chi connectivity index (χ0v) is 22.9. The van der Waals surface area contributed by atoms with E-state index >= 15 is 0 Å². The summed E-state index contributed by atoms with van der Waals surface area (Å²) in [4.78, 5) is 12.7. The first kappa shape index (κ1) is 32.0. The summed E-state index contributed by atoms with van der Waals surface area (Å²) in [6, 6.07) is 3.74. The maximum atomic E-state index is 13.8. The molecule has 1 aliphatic carbocycles. The molecule has 3 atom stereocenters. The molecule has 0 bridgehead atoms. The number of benzene rings is 2. The summed E-state index contributed by atoms with van der Waals surface area (Å²) in [5.74, 6) is -1.49. The van der Waals surface area contributed by atoms with E-state index in [1.54, 1.807) is 0 Å². The number of nitrogens with one attached hydrogen (secondary N) is 1. The molecule has 0 saturated heterocycles. The minimum atomic E-state index is -6.14. The van der Waals surface area contributed by atoms with Crippen molar-refractivity contribution in [2.45, 2.75) is 79.9 Å². The largest absolute Gasteiger partial charge is 0.430 e. The number of amides is 1. The summed E-state index contributed by atoms with van der Waals surface area (Å²) in [6.45, 7) is -0.155. The van der Waals surface area contributed by atoms with Crippen molar-refractivity contribution in [3.05, 3.63) is 59.4 Å². The third-order valence-electron chi connectivity index (χ3n) is 7.92. The summed E-state index contributed by atoms with van der Waals surface area (Å²) in [5.41, 5.74) is -7.25. The molecule has 7 nitrogen and oxygen atoms in total. The highest BCUT2D eigenvalue weighted by Crippen LogP contribution is 2.51. The van der Waals surface area contributed by atoms with Crippen molar-refractivity contribution in [3.63, 3.8) is 0 Å². The Morgan fingerprint density at radius 1 is 0.952 bits per heavy atom. The number of fused-ring (bicyclic) bond motifs is 1. The minimum Gasteiger partial charge on any atom is -0.396 e. The van der Waals surface area contributed by atoms with Crippen LogP contribution in [0.15, 0.2) is 47.4 Å². The van der Waals surface area contributed by atoms with E-state index in [1.807, 2.05) is 0 Å². The van der Waals surface area contributed by atoms with E-state index in [-0.39, 0.29) is 42.7 Å². The maximum absolute atomic E-state index is 13.8. The Balaban J connectivity index is 1.75. The topological polar surface area (TPSA) is 107 Å². The second-order valence-electron chi connectivity index (χ2n) is 10.6. The number of alkyl halides is 6. The van der Waals surface area contributed by atoms with E-state index in [0.717, 1.165) is 47.5 Å². The van der Waals surface area contributed by atoms with Crippen molar-refractivity contribution in [1.29, 1.82) is 0 Å². The van der Waals surface area contributed by atoms with Crippen LogP contribution in [-0.2, 0) is 26.8 Å². The number of halogens is 7. The Morgan fingerprint density at radius 2 is 1.57 bits per heavy atom. The summed E-state index contributed by atoms with van der Waals surface area (Å²) >= 11 is 0. The average Bonchev–Trinajstić information content (AvgIpc) is 2.91. The van der Waals surface area contributed by atoms with Gasteiger partial charge in [0.05, 0.1) is 16.6 Å². The number of aliphatic hydroxyl groups is 2. The van der Waals surface area contributed by atoms with Crippen molar-refractivity contribution in [2.75, 3.05) is 10.9 Å². The monoisotopic (exact) mass is 626 g/mol. The Morgan fingerprint density at radius 3 is 2.17 bits per heavy atom. The van der Waals surface area contributed by atoms with Crippen LogP contribution in [0.3, 0.4) is 0 Å². The van der Waals surface area contributed by atoms with E-state index in [1.165, 1.54) is 0 Å². The standard InChI is InChI=1S/C27H29F7N2O5S/c28-19-7-10-21(11-8-19)42(40,41)36-20(14-24(38)35-22-4-2-1-3-17(22)15-37)9-5-16-13-18(6-12-23(16)36)25(39,26(29,30)31)27(32,33)34/h6-8,10-13,17,20,22,37,39H,1-5,9,14-15H2,(H,35,38). The van der Waals surface area contributed by atoms with E-state index < -0.39 is 62.6 Å². The van der Waals surface area contributed by atoms with Gasteiger partial charge in [-0.15, -0.1) is 0 Å². The van der Waals surface area contributed by atoms with Gasteiger partial charge in [-0.3, -0.25) is 9.10 Å². The number of hydrogen-bond acceptors (Lipinski definition) is 5. The number of carbonyl (C=O) groups is 1. The molecule has 3 N–H and O–H groups in total. The van der Waals surface area contributed by atoms with Crippen LogP contribution in [0.2, 0.25) is 0 Å². The van der Waals surface area contributed by atoms with Crippen molar-refractivity contribution in [3.8, 4) is 0 Å². The predicted octanol–water partition coefficient (Wildman–Crippen LogP) is 4.71. The molecule has 1 heterocycles. The predicted molar refractivity (Wildman–Crippen MR) is 136 cm³/mol. The molecule has 1 saturated carbocycles. The highest BCUT2D eigenvalue weighted by molar-refractivity contribution is 7.92. The molecule has 0 aromatic heterocycles. The molecule has 3 unspecified atom stereocenters. The van der Waals surface area contributed by atoms with E-state index in [0.29, 0.717) is 25.0 Å². The number of sulfonamides is 1. The molecule has 0 radical (unpaired) electrons. The van der Waals surface area contributed by atoms with Crippen LogP contribution in [0.5, 0.6) is 0 Å². The average molecular weight is 627 g/mol. The Hall–Kier alpha value is -2.91. The van der Waals surface area contributed by atoms with Gasteiger partial charge in [0.1, 0.15) is 5.82 Å². The first-order valence-corrected chi connectivity index (χ1v) is 14.6. The fourth-order valence-corrected chi connectivity index (χ4v) is 7.39. The van der Waals surface area contributed by atoms with Gasteiger partial charge in [-0.1, -0.05) is 25.0 Å². The van der Waals surface area contributed by atoms with Gasteiger partial charge >= 0.3 is 12.4 Å². The van der Waals surface area contributed by atoms with Crippen LogP contribution in [0, 0.1) is 11.7 Å². The third-order valence-corrected chi connectivity index (χ3v) is 9.80. The molecule has 4 rings (SSSR count). The van der Waals surface area contributed by atoms with E-state index in [4.69, 9.17) is 0 Å². The zero-order chi connectivity index (χ0) is 31.1. The third kappa shape index (κ3) is 5.95. The van der Waals surface area contributed by atoms with Crippen LogP contribution in [0.1, 0.15) is 49.7 Å². The van der Waals surface area contributed by atoms with Gasteiger partial charge in [-0.05, 0) is 61.6 Å². The first-order valence-electron chi connectivity index (χ1n) is 13.2. The van der Waals surface area contributed by atoms with E-state index in [9.17, 15) is 54.2 Å². The number of hydrogen-bond donors (Lipinski definition) is 3. The van der Waals surface area contributed by atoms with Gasteiger partial charge in [-0.25, -0.2) is 12.8 Å². The second kappa shape index (κ2) is 11.6. The molecular formula is C27H29F7N2O5S. The van der Waals surface area contributed by atoms with E-state index in [2.05, 4.69) is 5.32 Å². The van der Waals surface area contributed by atoms with Gasteiger partial charge in [-0.2, -0.15) is 26.3 Å². The van der Waals surface area contributed by atoms with Gasteiger partial charge < -0.3 is 15.5 Å². The van der Waals surface area contributed by atoms with Crippen LogP contribution in [-0.4, -0.2) is 55.6 Å². The Labute approximate surface area is 237 Å². The minimum absolute atomic E-state index is 0.155. The number of aryl methyl sites for hydroxylation is 1. The summed E-state index contributed by atoms with van der Waals surface area (Å²) in [5, 5.41) is 22.3. The fraction of sp³-hybridized carbons (Fsp3) is 0.519. The normalized spacial score (nSPS) is 22.0. The van der Waals surface area contributed by atoms with Crippen molar-refractivity contribution >= 4 is 21.6 Å². The lowest BCUT2D eigenvalue weighted by molar-refractivity contribution is -0.376. The number of aliphatic hydroxyl groups excluding tert-OH is 1. The zero-order valence-electron chi connectivity index (χ0n) is 22.1. The molecule has 1 aliphatic heterocycles. The van der Waals surface area contributed by atoms with Gasteiger partial charge in [0.2, 0.25) is 5.91 Å². The van der Waals surface area contributed by atoms with Gasteiger partial charge in [0.15, 0.2) is 0 Å². The fourth-order valence-electron chi connectivity index (χ4n) is 5.68.